The fourth-order valence-electron chi connectivity index (χ4n) is 2.04. The van der Waals surface area contributed by atoms with Crippen LogP contribution < -0.4 is 10.9 Å². The van der Waals surface area contributed by atoms with Crippen molar-refractivity contribution in [1.29, 1.82) is 0 Å². The monoisotopic (exact) mass is 342 g/mol. The predicted molar refractivity (Wildman–Crippen MR) is 85.9 cm³/mol. The van der Waals surface area contributed by atoms with Gasteiger partial charge in [-0.05, 0) is 24.6 Å². The summed E-state index contributed by atoms with van der Waals surface area (Å²) in [4.78, 5) is 15.4. The zero-order valence-corrected chi connectivity index (χ0v) is 13.8. The number of rotatable bonds is 7. The van der Waals surface area contributed by atoms with E-state index in [9.17, 15) is 13.2 Å². The molecule has 22 heavy (non-hydrogen) atoms. The van der Waals surface area contributed by atoms with Crippen LogP contribution in [0.4, 0.5) is 0 Å². The third-order valence-electron chi connectivity index (χ3n) is 3.09. The molecule has 9 heteroatoms. The molecule has 0 aliphatic carbocycles. The SMILES string of the molecule is CCCCn1c(SCC(N)=O)nc2cc(S(N)(=O)=O)ccc21. The summed E-state index contributed by atoms with van der Waals surface area (Å²) >= 11 is 1.24. The van der Waals surface area contributed by atoms with E-state index in [1.54, 1.807) is 6.07 Å². The summed E-state index contributed by atoms with van der Waals surface area (Å²) in [6.07, 6.45) is 1.96. The van der Waals surface area contributed by atoms with Crippen molar-refractivity contribution in [3.05, 3.63) is 18.2 Å². The lowest BCUT2D eigenvalue weighted by Crippen LogP contribution is -2.13. The minimum atomic E-state index is -3.77. The molecule has 0 unspecified atom stereocenters. The van der Waals surface area contributed by atoms with Gasteiger partial charge in [0.1, 0.15) is 0 Å². The maximum Gasteiger partial charge on any atom is 0.238 e. The number of aromatic nitrogens is 2. The molecule has 4 N–H and O–H groups in total. The summed E-state index contributed by atoms with van der Waals surface area (Å²) in [5.41, 5.74) is 6.52. The summed E-state index contributed by atoms with van der Waals surface area (Å²) in [5, 5.41) is 5.79. The van der Waals surface area contributed by atoms with Gasteiger partial charge in [-0.1, -0.05) is 25.1 Å². The number of imidazole rings is 1. The molecule has 0 fully saturated rings. The van der Waals surface area contributed by atoms with Crippen LogP contribution >= 0.6 is 11.8 Å². The van der Waals surface area contributed by atoms with Gasteiger partial charge in [0.25, 0.3) is 0 Å². The molecular formula is C13H18N4O3S2. The quantitative estimate of drug-likeness (QED) is 0.729. The minimum Gasteiger partial charge on any atom is -0.369 e. The Hall–Kier alpha value is -1.58. The summed E-state index contributed by atoms with van der Waals surface area (Å²) in [5.74, 6) is -0.304. The highest BCUT2D eigenvalue weighted by Gasteiger charge is 2.15. The van der Waals surface area contributed by atoms with Crippen LogP contribution in [0.1, 0.15) is 19.8 Å². The molecule has 0 saturated heterocycles. The van der Waals surface area contributed by atoms with Gasteiger partial charge in [-0.15, -0.1) is 0 Å². The normalized spacial score (nSPS) is 11.9. The Morgan fingerprint density at radius 1 is 1.41 bits per heavy atom. The molecule has 1 aromatic carbocycles. The van der Waals surface area contributed by atoms with Gasteiger partial charge < -0.3 is 10.3 Å². The molecule has 0 aliphatic heterocycles. The molecule has 0 atom stereocenters. The molecule has 1 heterocycles. The number of aryl methyl sites for hydroxylation is 1. The molecule has 0 bridgehead atoms. The smallest absolute Gasteiger partial charge is 0.238 e. The molecule has 1 amide bonds. The Morgan fingerprint density at radius 2 is 2.14 bits per heavy atom. The first-order chi connectivity index (χ1) is 10.3. The molecule has 120 valence electrons. The summed E-state index contributed by atoms with van der Waals surface area (Å²) in [6, 6.07) is 4.60. The molecule has 0 saturated carbocycles. The van der Waals surface area contributed by atoms with E-state index in [1.165, 1.54) is 23.9 Å². The number of hydrogen-bond acceptors (Lipinski definition) is 5. The molecule has 0 spiro atoms. The van der Waals surface area contributed by atoms with E-state index >= 15 is 0 Å². The number of unbranched alkanes of at least 4 members (excludes halogenated alkanes) is 1. The maximum absolute atomic E-state index is 11.4. The Morgan fingerprint density at radius 3 is 2.73 bits per heavy atom. The number of thioether (sulfide) groups is 1. The van der Waals surface area contributed by atoms with Crippen LogP contribution in [0.25, 0.3) is 11.0 Å². The molecule has 0 aliphatic rings. The first kappa shape index (κ1) is 16.8. The Kier molecular flexibility index (Phi) is 5.09. The van der Waals surface area contributed by atoms with Gasteiger partial charge in [-0.2, -0.15) is 0 Å². The first-order valence-corrected chi connectivity index (χ1v) is 9.30. The van der Waals surface area contributed by atoms with Gasteiger partial charge in [0.15, 0.2) is 5.16 Å². The number of hydrogen-bond donors (Lipinski definition) is 2. The summed E-state index contributed by atoms with van der Waals surface area (Å²) in [6.45, 7) is 2.82. The second-order valence-electron chi connectivity index (χ2n) is 4.85. The fraction of sp³-hybridized carbons (Fsp3) is 0.385. The van der Waals surface area contributed by atoms with Crippen LogP contribution in [-0.2, 0) is 21.4 Å². The number of amides is 1. The van der Waals surface area contributed by atoms with Gasteiger partial charge in [-0.3, -0.25) is 4.79 Å². The maximum atomic E-state index is 11.4. The summed E-state index contributed by atoms with van der Waals surface area (Å²) in [7, 11) is -3.77. The lowest BCUT2D eigenvalue weighted by atomic mass is 10.3. The van der Waals surface area contributed by atoms with Crippen molar-refractivity contribution in [2.45, 2.75) is 36.4 Å². The number of nitrogens with two attached hydrogens (primary N) is 2. The first-order valence-electron chi connectivity index (χ1n) is 6.77. The number of primary amides is 1. The lowest BCUT2D eigenvalue weighted by Gasteiger charge is -2.07. The Labute approximate surface area is 133 Å². The Balaban J connectivity index is 2.49. The number of sulfonamides is 1. The zero-order chi connectivity index (χ0) is 16.3. The Bertz CT molecular complexity index is 799. The number of benzene rings is 1. The van der Waals surface area contributed by atoms with E-state index in [1.807, 2.05) is 4.57 Å². The third-order valence-corrected chi connectivity index (χ3v) is 5.00. The van der Waals surface area contributed by atoms with Crippen molar-refractivity contribution in [1.82, 2.24) is 9.55 Å². The average Bonchev–Trinajstić information content (AvgIpc) is 2.78. The van der Waals surface area contributed by atoms with Crippen LogP contribution in [-0.4, -0.2) is 29.6 Å². The van der Waals surface area contributed by atoms with Crippen molar-refractivity contribution in [3.8, 4) is 0 Å². The predicted octanol–water partition coefficient (Wildman–Crippen LogP) is 1.06. The van der Waals surface area contributed by atoms with Crippen molar-refractivity contribution < 1.29 is 13.2 Å². The van der Waals surface area contributed by atoms with Gasteiger partial charge in [0, 0.05) is 6.54 Å². The van der Waals surface area contributed by atoms with E-state index in [0.717, 1.165) is 24.9 Å². The van der Waals surface area contributed by atoms with Crippen LogP contribution in [0, 0.1) is 0 Å². The van der Waals surface area contributed by atoms with Gasteiger partial charge in [0.2, 0.25) is 15.9 Å². The number of primary sulfonamides is 1. The largest absolute Gasteiger partial charge is 0.369 e. The standard InChI is InChI=1S/C13H18N4O3S2/c1-2-3-6-17-11-5-4-9(22(15,19)20)7-10(11)16-13(17)21-8-12(14)18/h4-5,7H,2-3,6,8H2,1H3,(H2,14,18)(H2,15,19,20). The third kappa shape index (κ3) is 3.79. The van der Waals surface area contributed by atoms with Crippen LogP contribution in [0.15, 0.2) is 28.3 Å². The van der Waals surface area contributed by atoms with Gasteiger partial charge in [-0.25, -0.2) is 18.5 Å². The van der Waals surface area contributed by atoms with E-state index in [2.05, 4.69) is 11.9 Å². The number of carbonyl (C=O) groups is 1. The second-order valence-corrected chi connectivity index (χ2v) is 7.35. The average molecular weight is 342 g/mol. The van der Waals surface area contributed by atoms with E-state index in [-0.39, 0.29) is 10.6 Å². The highest BCUT2D eigenvalue weighted by atomic mass is 32.2. The van der Waals surface area contributed by atoms with Crippen molar-refractivity contribution in [2.24, 2.45) is 10.9 Å². The van der Waals surface area contributed by atoms with Crippen LogP contribution in [0.2, 0.25) is 0 Å². The van der Waals surface area contributed by atoms with Crippen molar-refractivity contribution in [3.63, 3.8) is 0 Å². The molecular weight excluding hydrogens is 324 g/mol. The highest BCUT2D eigenvalue weighted by Crippen LogP contribution is 2.26. The topological polar surface area (TPSA) is 121 Å². The van der Waals surface area contributed by atoms with Crippen molar-refractivity contribution >= 4 is 38.7 Å². The number of fused-ring (bicyclic) bond motifs is 1. The molecule has 0 radical (unpaired) electrons. The second kappa shape index (κ2) is 6.67. The number of carbonyl (C=O) groups excluding carboxylic acids is 1. The van der Waals surface area contributed by atoms with Gasteiger partial charge in [0.05, 0.1) is 21.7 Å². The molecule has 7 nitrogen and oxygen atoms in total. The lowest BCUT2D eigenvalue weighted by molar-refractivity contribution is -0.115. The zero-order valence-electron chi connectivity index (χ0n) is 12.2. The molecule has 2 rings (SSSR count). The summed E-state index contributed by atoms with van der Waals surface area (Å²) < 4.78 is 24.8. The van der Waals surface area contributed by atoms with Crippen LogP contribution in [0.5, 0.6) is 0 Å². The van der Waals surface area contributed by atoms with E-state index < -0.39 is 15.9 Å². The van der Waals surface area contributed by atoms with E-state index in [0.29, 0.717) is 10.7 Å². The van der Waals surface area contributed by atoms with Gasteiger partial charge >= 0.3 is 0 Å². The van der Waals surface area contributed by atoms with Crippen LogP contribution in [0.3, 0.4) is 0 Å². The highest BCUT2D eigenvalue weighted by molar-refractivity contribution is 7.99. The molecule has 1 aromatic heterocycles. The molecule has 2 aromatic rings. The minimum absolute atomic E-state index is 0.0200. The fourth-order valence-corrected chi connectivity index (χ4v) is 3.36. The van der Waals surface area contributed by atoms with E-state index in [4.69, 9.17) is 10.9 Å². The number of nitrogens with zero attached hydrogens (tertiary/aromatic N) is 2. The van der Waals surface area contributed by atoms with Crippen molar-refractivity contribution in [2.75, 3.05) is 5.75 Å².